The number of rotatable bonds is 4. The van der Waals surface area contributed by atoms with Crippen LogP contribution in [0.25, 0.3) is 0 Å². The Bertz CT molecular complexity index is 301. The van der Waals surface area contributed by atoms with Gasteiger partial charge in [0.05, 0.1) is 6.61 Å². The number of benzene rings is 1. The van der Waals surface area contributed by atoms with E-state index < -0.39 is 0 Å². The van der Waals surface area contributed by atoms with Gasteiger partial charge in [-0.15, -0.1) is 0 Å². The van der Waals surface area contributed by atoms with Crippen molar-refractivity contribution in [1.82, 2.24) is 5.32 Å². The highest BCUT2D eigenvalue weighted by atomic mass is 19.1. The largest absolute Gasteiger partial charge is 0.395 e. The summed E-state index contributed by atoms with van der Waals surface area (Å²) in [6, 6.07) is 5.32. The molecule has 0 aromatic heterocycles. The van der Waals surface area contributed by atoms with E-state index in [1.807, 2.05) is 13.0 Å². The van der Waals surface area contributed by atoms with Crippen LogP contribution in [0.15, 0.2) is 18.2 Å². The van der Waals surface area contributed by atoms with Crippen LogP contribution in [0.4, 0.5) is 4.39 Å². The monoisotopic (exact) mass is 197 g/mol. The second-order valence-electron chi connectivity index (χ2n) is 3.51. The first-order valence-electron chi connectivity index (χ1n) is 4.73. The summed E-state index contributed by atoms with van der Waals surface area (Å²) >= 11 is 0. The maximum absolute atomic E-state index is 13.5. The summed E-state index contributed by atoms with van der Waals surface area (Å²) in [6.45, 7) is 4.12. The van der Waals surface area contributed by atoms with Gasteiger partial charge in [-0.2, -0.15) is 0 Å². The molecule has 1 aromatic carbocycles. The van der Waals surface area contributed by atoms with E-state index >= 15 is 0 Å². The van der Waals surface area contributed by atoms with E-state index in [4.69, 9.17) is 5.11 Å². The van der Waals surface area contributed by atoms with Crippen molar-refractivity contribution < 1.29 is 9.50 Å². The molecule has 0 radical (unpaired) electrons. The molecule has 0 bridgehead atoms. The molecule has 3 heteroatoms. The molecule has 78 valence electrons. The van der Waals surface area contributed by atoms with Gasteiger partial charge in [-0.1, -0.05) is 18.2 Å². The van der Waals surface area contributed by atoms with Crippen molar-refractivity contribution in [2.75, 3.05) is 6.61 Å². The molecule has 0 aliphatic rings. The van der Waals surface area contributed by atoms with Crippen LogP contribution >= 0.6 is 0 Å². The fourth-order valence-electron chi connectivity index (χ4n) is 1.19. The van der Waals surface area contributed by atoms with Crippen LogP contribution < -0.4 is 5.32 Å². The molecule has 0 saturated carbocycles. The molecule has 1 aromatic rings. The van der Waals surface area contributed by atoms with Crippen LogP contribution in [0.3, 0.4) is 0 Å². The molecule has 2 nitrogen and oxygen atoms in total. The van der Waals surface area contributed by atoms with Crippen LogP contribution in [-0.2, 0) is 6.54 Å². The number of aliphatic hydroxyl groups is 1. The van der Waals surface area contributed by atoms with E-state index in [0.29, 0.717) is 17.7 Å². The van der Waals surface area contributed by atoms with Crippen molar-refractivity contribution in [2.45, 2.75) is 26.4 Å². The van der Waals surface area contributed by atoms with Crippen molar-refractivity contribution in [3.05, 3.63) is 35.1 Å². The summed E-state index contributed by atoms with van der Waals surface area (Å²) in [6.07, 6.45) is 0. The lowest BCUT2D eigenvalue weighted by Gasteiger charge is -2.11. The third kappa shape index (κ3) is 2.79. The zero-order valence-electron chi connectivity index (χ0n) is 8.55. The Morgan fingerprint density at radius 3 is 2.86 bits per heavy atom. The van der Waals surface area contributed by atoms with E-state index in [0.717, 1.165) is 0 Å². The summed E-state index contributed by atoms with van der Waals surface area (Å²) in [7, 11) is 0. The Morgan fingerprint density at radius 1 is 1.50 bits per heavy atom. The van der Waals surface area contributed by atoms with Crippen LogP contribution in [-0.4, -0.2) is 17.8 Å². The SMILES string of the molecule is Cc1cccc(CNC(C)CO)c1F. The number of aliphatic hydroxyl groups excluding tert-OH is 1. The average Bonchev–Trinajstić information content (AvgIpc) is 2.20. The first kappa shape index (κ1) is 11.1. The van der Waals surface area contributed by atoms with Gasteiger partial charge in [-0.3, -0.25) is 0 Å². The number of hydrogen-bond donors (Lipinski definition) is 2. The quantitative estimate of drug-likeness (QED) is 0.768. The van der Waals surface area contributed by atoms with Crippen molar-refractivity contribution in [3.63, 3.8) is 0 Å². The summed E-state index contributed by atoms with van der Waals surface area (Å²) in [5, 5.41) is 11.8. The van der Waals surface area contributed by atoms with Gasteiger partial charge >= 0.3 is 0 Å². The lowest BCUT2D eigenvalue weighted by Crippen LogP contribution is -2.29. The van der Waals surface area contributed by atoms with E-state index in [1.165, 1.54) is 0 Å². The van der Waals surface area contributed by atoms with E-state index in [9.17, 15) is 4.39 Å². The van der Waals surface area contributed by atoms with Crippen LogP contribution in [0.1, 0.15) is 18.1 Å². The molecule has 1 unspecified atom stereocenters. The van der Waals surface area contributed by atoms with Crippen molar-refractivity contribution in [1.29, 1.82) is 0 Å². The maximum Gasteiger partial charge on any atom is 0.130 e. The van der Waals surface area contributed by atoms with Crippen molar-refractivity contribution in [3.8, 4) is 0 Å². The number of aryl methyl sites for hydroxylation is 1. The molecular weight excluding hydrogens is 181 g/mol. The van der Waals surface area contributed by atoms with E-state index in [1.54, 1.807) is 19.1 Å². The van der Waals surface area contributed by atoms with Crippen LogP contribution in [0.5, 0.6) is 0 Å². The fraction of sp³-hybridized carbons (Fsp3) is 0.455. The lowest BCUT2D eigenvalue weighted by molar-refractivity contribution is 0.250. The third-order valence-electron chi connectivity index (χ3n) is 2.19. The van der Waals surface area contributed by atoms with Crippen molar-refractivity contribution in [2.24, 2.45) is 0 Å². The summed E-state index contributed by atoms with van der Waals surface area (Å²) < 4.78 is 13.5. The molecule has 0 amide bonds. The van der Waals surface area contributed by atoms with Gasteiger partial charge in [0.2, 0.25) is 0 Å². The number of nitrogens with one attached hydrogen (secondary N) is 1. The molecule has 1 rings (SSSR count). The number of hydrogen-bond acceptors (Lipinski definition) is 2. The lowest BCUT2D eigenvalue weighted by atomic mass is 10.1. The van der Waals surface area contributed by atoms with Crippen LogP contribution in [0.2, 0.25) is 0 Å². The predicted octanol–water partition coefficient (Wildman–Crippen LogP) is 1.60. The molecule has 0 spiro atoms. The second kappa shape index (κ2) is 5.08. The minimum atomic E-state index is -0.162. The molecule has 2 N–H and O–H groups in total. The second-order valence-corrected chi connectivity index (χ2v) is 3.51. The van der Waals surface area contributed by atoms with Crippen molar-refractivity contribution >= 4 is 0 Å². The Morgan fingerprint density at radius 2 is 2.21 bits per heavy atom. The maximum atomic E-state index is 13.5. The van der Waals surface area contributed by atoms with Crippen LogP contribution in [0, 0.1) is 12.7 Å². The van der Waals surface area contributed by atoms with E-state index in [-0.39, 0.29) is 18.5 Å². The Kier molecular flexibility index (Phi) is 4.04. The molecule has 0 saturated heterocycles. The molecule has 0 fully saturated rings. The molecule has 1 atom stereocenters. The Balaban J connectivity index is 2.63. The normalized spacial score (nSPS) is 12.9. The Hall–Kier alpha value is -0.930. The van der Waals surface area contributed by atoms with Gasteiger partial charge < -0.3 is 10.4 Å². The van der Waals surface area contributed by atoms with Gasteiger partial charge in [0.1, 0.15) is 5.82 Å². The average molecular weight is 197 g/mol. The Labute approximate surface area is 83.8 Å². The summed E-state index contributed by atoms with van der Waals surface area (Å²) in [5.41, 5.74) is 1.30. The van der Waals surface area contributed by atoms with Gasteiger partial charge in [0, 0.05) is 18.2 Å². The summed E-state index contributed by atoms with van der Waals surface area (Å²) in [5.74, 6) is -0.162. The molecule has 14 heavy (non-hydrogen) atoms. The highest BCUT2D eigenvalue weighted by molar-refractivity contribution is 5.24. The highest BCUT2D eigenvalue weighted by Crippen LogP contribution is 2.11. The molecule has 0 heterocycles. The molecule has 0 aliphatic heterocycles. The first-order chi connectivity index (χ1) is 6.65. The van der Waals surface area contributed by atoms with Gasteiger partial charge in [-0.25, -0.2) is 4.39 Å². The topological polar surface area (TPSA) is 32.3 Å². The smallest absolute Gasteiger partial charge is 0.130 e. The standard InChI is InChI=1S/C11H16FNO/c1-8-4-3-5-10(11(8)12)6-13-9(2)7-14/h3-5,9,13-14H,6-7H2,1-2H3. The minimum Gasteiger partial charge on any atom is -0.395 e. The molecular formula is C11H16FNO. The first-order valence-corrected chi connectivity index (χ1v) is 4.73. The van der Waals surface area contributed by atoms with Gasteiger partial charge in [0.15, 0.2) is 0 Å². The third-order valence-corrected chi connectivity index (χ3v) is 2.19. The highest BCUT2D eigenvalue weighted by Gasteiger charge is 2.05. The predicted molar refractivity (Wildman–Crippen MR) is 54.5 cm³/mol. The molecule has 0 aliphatic carbocycles. The zero-order chi connectivity index (χ0) is 10.6. The fourth-order valence-corrected chi connectivity index (χ4v) is 1.19. The minimum absolute atomic E-state index is 0.00471. The van der Waals surface area contributed by atoms with E-state index in [2.05, 4.69) is 5.32 Å². The number of halogens is 1. The zero-order valence-corrected chi connectivity index (χ0v) is 8.55. The summed E-state index contributed by atoms with van der Waals surface area (Å²) in [4.78, 5) is 0. The van der Waals surface area contributed by atoms with Gasteiger partial charge in [-0.05, 0) is 19.4 Å². The van der Waals surface area contributed by atoms with Gasteiger partial charge in [0.25, 0.3) is 0 Å².